The lowest BCUT2D eigenvalue weighted by molar-refractivity contribution is 0.423. The first-order chi connectivity index (χ1) is 19.8. The zero-order chi connectivity index (χ0) is 31.3. The van der Waals surface area contributed by atoms with E-state index >= 15 is 0 Å². The normalized spacial score (nSPS) is 12.6. The van der Waals surface area contributed by atoms with Crippen molar-refractivity contribution in [1.29, 1.82) is 0 Å². The van der Waals surface area contributed by atoms with Crippen molar-refractivity contribution >= 4 is 0 Å². The molecule has 0 spiro atoms. The van der Waals surface area contributed by atoms with Crippen LogP contribution in [0.2, 0.25) is 0 Å². The van der Waals surface area contributed by atoms with Crippen molar-refractivity contribution in [2.75, 3.05) is 0 Å². The van der Waals surface area contributed by atoms with Gasteiger partial charge in [-0.2, -0.15) is 0 Å². The average molecular weight is 577 g/mol. The van der Waals surface area contributed by atoms with Gasteiger partial charge in [0.1, 0.15) is 11.5 Å². The van der Waals surface area contributed by atoms with Gasteiger partial charge < -0.3 is 10.2 Å². The van der Waals surface area contributed by atoms with E-state index in [2.05, 4.69) is 98.7 Å². The van der Waals surface area contributed by atoms with E-state index < -0.39 is 0 Å². The maximum absolute atomic E-state index is 11.6. The van der Waals surface area contributed by atoms with E-state index in [4.69, 9.17) is 0 Å². The third kappa shape index (κ3) is 11.5. The molecule has 0 amide bonds. The fraction of sp³-hybridized carbons (Fsp3) is 0.650. The highest BCUT2D eigenvalue weighted by molar-refractivity contribution is 5.56. The predicted molar refractivity (Wildman–Crippen MR) is 184 cm³/mol. The molecule has 0 aliphatic heterocycles. The smallest absolute Gasteiger partial charge is 0.123 e. The standard InChI is InChI=1S/C40H64O2/c1-10-11-12-13-14-15-16-17-18-19-20-21-22-23-24-25-32(33-26-30(2)28-35(37(33)41)39(4,5)6)34-27-31(3)29-36(38(34)42)40(7,8)9/h17-18,26-29,32,41-42H,10-16,19-25H2,1-9H3. The maximum atomic E-state index is 11.6. The number of phenols is 2. The molecular weight excluding hydrogens is 512 g/mol. The molecule has 0 radical (unpaired) electrons. The van der Waals surface area contributed by atoms with Gasteiger partial charge in [-0.05, 0) is 67.9 Å². The van der Waals surface area contributed by atoms with E-state index in [9.17, 15) is 10.2 Å². The van der Waals surface area contributed by atoms with Gasteiger partial charge in [0.05, 0.1) is 0 Å². The number of aryl methyl sites for hydroxylation is 2. The van der Waals surface area contributed by atoms with Crippen molar-refractivity contribution in [2.45, 2.75) is 169 Å². The predicted octanol–water partition coefficient (Wildman–Crippen LogP) is 12.5. The van der Waals surface area contributed by atoms with Gasteiger partial charge in [-0.15, -0.1) is 0 Å². The molecule has 0 saturated carbocycles. The van der Waals surface area contributed by atoms with Crippen molar-refractivity contribution in [1.82, 2.24) is 0 Å². The van der Waals surface area contributed by atoms with Crippen molar-refractivity contribution in [3.63, 3.8) is 0 Å². The van der Waals surface area contributed by atoms with Crippen LogP contribution in [-0.4, -0.2) is 10.2 Å². The summed E-state index contributed by atoms with van der Waals surface area (Å²) in [6.07, 6.45) is 22.4. The lowest BCUT2D eigenvalue weighted by Crippen LogP contribution is -2.16. The molecule has 0 fully saturated rings. The maximum Gasteiger partial charge on any atom is 0.123 e. The molecule has 0 aromatic heterocycles. The van der Waals surface area contributed by atoms with Gasteiger partial charge in [0, 0.05) is 17.0 Å². The lowest BCUT2D eigenvalue weighted by Gasteiger charge is -2.29. The first kappa shape index (κ1) is 36.0. The van der Waals surface area contributed by atoms with Crippen LogP contribution in [0, 0.1) is 13.8 Å². The highest BCUT2D eigenvalue weighted by Crippen LogP contribution is 2.46. The molecule has 2 aromatic rings. The van der Waals surface area contributed by atoms with E-state index in [1.165, 1.54) is 77.0 Å². The minimum absolute atomic E-state index is 0.0445. The second kappa shape index (κ2) is 17.2. The van der Waals surface area contributed by atoms with Gasteiger partial charge in [-0.25, -0.2) is 0 Å². The fourth-order valence-electron chi connectivity index (χ4n) is 6.19. The van der Waals surface area contributed by atoms with Crippen LogP contribution >= 0.6 is 0 Å². The van der Waals surface area contributed by atoms with Gasteiger partial charge in [0.25, 0.3) is 0 Å². The van der Waals surface area contributed by atoms with E-state index in [1.54, 1.807) is 0 Å². The first-order valence-electron chi connectivity index (χ1n) is 17.1. The van der Waals surface area contributed by atoms with Crippen molar-refractivity contribution in [3.8, 4) is 11.5 Å². The minimum atomic E-state index is -0.163. The third-order valence-corrected chi connectivity index (χ3v) is 8.69. The summed E-state index contributed by atoms with van der Waals surface area (Å²) in [5.74, 6) is 0.741. The number of hydrogen-bond acceptors (Lipinski definition) is 2. The second-order valence-electron chi connectivity index (χ2n) is 14.9. The molecule has 2 nitrogen and oxygen atoms in total. The Hall–Kier alpha value is -2.22. The number of hydrogen-bond donors (Lipinski definition) is 2. The molecule has 2 aromatic carbocycles. The summed E-state index contributed by atoms with van der Waals surface area (Å²) in [7, 11) is 0. The summed E-state index contributed by atoms with van der Waals surface area (Å²) in [5.41, 5.74) is 5.86. The molecule has 0 saturated heterocycles. The number of benzene rings is 2. The Balaban J connectivity index is 2.08. The Labute approximate surface area is 260 Å². The largest absolute Gasteiger partial charge is 0.507 e. The third-order valence-electron chi connectivity index (χ3n) is 8.69. The number of phenolic OH excluding ortho intramolecular Hbond substituents is 2. The molecule has 2 N–H and O–H groups in total. The number of rotatable bonds is 17. The van der Waals surface area contributed by atoms with Crippen LogP contribution in [0.1, 0.15) is 178 Å². The fourth-order valence-corrected chi connectivity index (χ4v) is 6.19. The van der Waals surface area contributed by atoms with Crippen LogP contribution in [0.25, 0.3) is 0 Å². The van der Waals surface area contributed by atoms with Crippen molar-refractivity contribution < 1.29 is 10.2 Å². The lowest BCUT2D eigenvalue weighted by atomic mass is 9.77. The zero-order valence-electron chi connectivity index (χ0n) is 28.8. The van der Waals surface area contributed by atoms with Crippen LogP contribution in [0.4, 0.5) is 0 Å². The number of allylic oxidation sites excluding steroid dienone is 2. The summed E-state index contributed by atoms with van der Waals surface area (Å²) in [4.78, 5) is 0. The van der Waals surface area contributed by atoms with Crippen LogP contribution in [0.3, 0.4) is 0 Å². The van der Waals surface area contributed by atoms with Gasteiger partial charge >= 0.3 is 0 Å². The van der Waals surface area contributed by atoms with E-state index in [1.807, 2.05) is 0 Å². The highest BCUT2D eigenvalue weighted by Gasteiger charge is 2.29. The molecule has 2 heteroatoms. The van der Waals surface area contributed by atoms with Crippen LogP contribution in [0.5, 0.6) is 11.5 Å². The molecule has 2 rings (SSSR count). The SMILES string of the molecule is CCCCCCCCC=CCCCCCCCC(c1cc(C)cc(C(C)(C)C)c1O)c1cc(C)cc(C(C)(C)C)c1O. The molecule has 236 valence electrons. The molecule has 0 atom stereocenters. The van der Waals surface area contributed by atoms with Crippen LogP contribution < -0.4 is 0 Å². The van der Waals surface area contributed by atoms with Gasteiger partial charge in [0.2, 0.25) is 0 Å². The molecule has 42 heavy (non-hydrogen) atoms. The Bertz CT molecular complexity index is 1040. The van der Waals surface area contributed by atoms with Crippen LogP contribution in [0.15, 0.2) is 36.4 Å². The molecule has 0 heterocycles. The Morgan fingerprint density at radius 2 is 0.952 bits per heavy atom. The highest BCUT2D eigenvalue weighted by atomic mass is 16.3. The van der Waals surface area contributed by atoms with E-state index in [0.29, 0.717) is 11.5 Å². The summed E-state index contributed by atoms with van der Waals surface area (Å²) in [6.45, 7) is 19.5. The molecule has 0 aliphatic rings. The monoisotopic (exact) mass is 576 g/mol. The molecule has 0 bridgehead atoms. The van der Waals surface area contributed by atoms with Crippen molar-refractivity contribution in [2.24, 2.45) is 0 Å². The molecular formula is C40H64O2. The number of unbranched alkanes of at least 4 members (excludes halogenated alkanes) is 11. The van der Waals surface area contributed by atoms with Gasteiger partial charge in [-0.3, -0.25) is 0 Å². The molecule has 0 aliphatic carbocycles. The van der Waals surface area contributed by atoms with Crippen molar-refractivity contribution in [3.05, 3.63) is 69.8 Å². The summed E-state index contributed by atoms with van der Waals surface area (Å²) >= 11 is 0. The summed E-state index contributed by atoms with van der Waals surface area (Å²) in [6, 6.07) is 8.53. The average Bonchev–Trinajstić information content (AvgIpc) is 2.90. The number of aromatic hydroxyl groups is 2. The topological polar surface area (TPSA) is 40.5 Å². The Kier molecular flexibility index (Phi) is 14.7. The summed E-state index contributed by atoms with van der Waals surface area (Å²) < 4.78 is 0. The Morgan fingerprint density at radius 1 is 0.571 bits per heavy atom. The van der Waals surface area contributed by atoms with E-state index in [-0.39, 0.29) is 16.7 Å². The van der Waals surface area contributed by atoms with E-state index in [0.717, 1.165) is 46.2 Å². The minimum Gasteiger partial charge on any atom is -0.507 e. The second-order valence-corrected chi connectivity index (χ2v) is 14.9. The van der Waals surface area contributed by atoms with Gasteiger partial charge in [-0.1, -0.05) is 154 Å². The Morgan fingerprint density at radius 3 is 1.36 bits per heavy atom. The summed E-state index contributed by atoms with van der Waals surface area (Å²) in [5, 5.41) is 23.2. The molecule has 0 unspecified atom stereocenters. The van der Waals surface area contributed by atoms with Gasteiger partial charge in [0.15, 0.2) is 0 Å². The first-order valence-corrected chi connectivity index (χ1v) is 17.1. The van der Waals surface area contributed by atoms with Crippen LogP contribution in [-0.2, 0) is 10.8 Å². The quantitative estimate of drug-likeness (QED) is 0.145. The zero-order valence-corrected chi connectivity index (χ0v) is 28.8.